The highest BCUT2D eigenvalue weighted by Gasteiger charge is 2.27. The lowest BCUT2D eigenvalue weighted by Crippen LogP contribution is -2.37. The third kappa shape index (κ3) is 5.25. The standard InChI is InChI=1S/C23H26N6O4S/c1-13(2)33-16-5-3-15(4-6-16)23(32)29-9-7-14(8-10-29)22-27-17(11-34-22)21(31)28-20-18(19(24)30)25-12-26-20/h3-6,11-14H,7-10H2,1-2H3,(H2,24,30)(H,25,26)(H,28,31). The van der Waals surface area contributed by atoms with E-state index in [1.54, 1.807) is 17.5 Å². The number of thiazole rings is 1. The molecule has 34 heavy (non-hydrogen) atoms. The van der Waals surface area contributed by atoms with Gasteiger partial charge in [-0.25, -0.2) is 9.97 Å². The summed E-state index contributed by atoms with van der Waals surface area (Å²) in [5, 5.41) is 5.09. The highest BCUT2D eigenvalue weighted by molar-refractivity contribution is 7.10. The molecule has 3 aromatic rings. The second kappa shape index (κ2) is 10.0. The van der Waals surface area contributed by atoms with Crippen LogP contribution >= 0.6 is 11.3 Å². The molecule has 3 heterocycles. The molecular formula is C23H26N6O4S. The number of anilines is 1. The van der Waals surface area contributed by atoms with Gasteiger partial charge in [-0.15, -0.1) is 11.3 Å². The molecule has 10 nitrogen and oxygen atoms in total. The average molecular weight is 483 g/mol. The maximum Gasteiger partial charge on any atom is 0.276 e. The van der Waals surface area contributed by atoms with Crippen molar-refractivity contribution < 1.29 is 19.1 Å². The molecule has 0 spiro atoms. The number of carbonyl (C=O) groups excluding carboxylic acids is 3. The number of rotatable bonds is 7. The lowest BCUT2D eigenvalue weighted by molar-refractivity contribution is 0.0712. The van der Waals surface area contributed by atoms with Crippen molar-refractivity contribution in [1.29, 1.82) is 0 Å². The van der Waals surface area contributed by atoms with Crippen LogP contribution in [-0.4, -0.2) is 56.8 Å². The van der Waals surface area contributed by atoms with E-state index in [0.717, 1.165) is 23.6 Å². The minimum atomic E-state index is -0.715. The van der Waals surface area contributed by atoms with Crippen LogP contribution < -0.4 is 15.8 Å². The Morgan fingerprint density at radius 3 is 2.56 bits per heavy atom. The number of aromatic amines is 1. The number of piperidine rings is 1. The van der Waals surface area contributed by atoms with E-state index in [0.29, 0.717) is 18.7 Å². The number of nitrogens with one attached hydrogen (secondary N) is 2. The van der Waals surface area contributed by atoms with Gasteiger partial charge in [-0.1, -0.05) is 0 Å². The number of ether oxygens (including phenoxy) is 1. The van der Waals surface area contributed by atoms with Gasteiger partial charge < -0.3 is 25.7 Å². The SMILES string of the molecule is CC(C)Oc1ccc(C(=O)N2CCC(c3nc(C(=O)Nc4nc[nH]c4C(N)=O)cs3)CC2)cc1. The predicted molar refractivity (Wildman–Crippen MR) is 127 cm³/mol. The quantitative estimate of drug-likeness (QED) is 0.472. The maximum atomic E-state index is 12.9. The molecule has 1 fully saturated rings. The van der Waals surface area contributed by atoms with Crippen molar-refractivity contribution in [2.24, 2.45) is 5.73 Å². The van der Waals surface area contributed by atoms with Gasteiger partial charge in [0.1, 0.15) is 17.1 Å². The van der Waals surface area contributed by atoms with Crippen LogP contribution in [-0.2, 0) is 0 Å². The topological polar surface area (TPSA) is 143 Å². The summed E-state index contributed by atoms with van der Waals surface area (Å²) >= 11 is 1.41. The molecule has 4 rings (SSSR count). The highest BCUT2D eigenvalue weighted by atomic mass is 32.1. The molecule has 4 N–H and O–H groups in total. The maximum absolute atomic E-state index is 12.9. The number of benzene rings is 1. The minimum Gasteiger partial charge on any atom is -0.491 e. The normalized spacial score (nSPS) is 14.3. The van der Waals surface area contributed by atoms with E-state index in [2.05, 4.69) is 20.3 Å². The largest absolute Gasteiger partial charge is 0.491 e. The molecule has 1 aliphatic heterocycles. The molecule has 0 bridgehead atoms. The molecule has 0 unspecified atom stereocenters. The average Bonchev–Trinajstić information content (AvgIpc) is 3.49. The zero-order valence-corrected chi connectivity index (χ0v) is 19.7. The van der Waals surface area contributed by atoms with Gasteiger partial charge in [-0.05, 0) is 51.0 Å². The van der Waals surface area contributed by atoms with Gasteiger partial charge in [0.25, 0.3) is 17.7 Å². The molecular weight excluding hydrogens is 456 g/mol. The Bertz CT molecular complexity index is 1180. The van der Waals surface area contributed by atoms with Gasteiger partial charge in [0.05, 0.1) is 17.4 Å². The molecule has 11 heteroatoms. The third-order valence-electron chi connectivity index (χ3n) is 5.48. The van der Waals surface area contributed by atoms with Crippen LogP contribution in [0.5, 0.6) is 5.75 Å². The lowest BCUT2D eigenvalue weighted by atomic mass is 9.97. The number of likely N-dealkylation sites (tertiary alicyclic amines) is 1. The van der Waals surface area contributed by atoms with Crippen molar-refractivity contribution >= 4 is 34.9 Å². The molecule has 0 saturated carbocycles. The number of hydrogen-bond donors (Lipinski definition) is 3. The summed E-state index contributed by atoms with van der Waals surface area (Å²) in [7, 11) is 0. The third-order valence-corrected chi connectivity index (χ3v) is 6.48. The van der Waals surface area contributed by atoms with E-state index in [4.69, 9.17) is 10.5 Å². The highest BCUT2D eigenvalue weighted by Crippen LogP contribution is 2.31. The predicted octanol–water partition coefficient (Wildman–Crippen LogP) is 3.02. The summed E-state index contributed by atoms with van der Waals surface area (Å²) in [6, 6.07) is 7.22. The van der Waals surface area contributed by atoms with E-state index in [-0.39, 0.29) is 35.1 Å². The van der Waals surface area contributed by atoms with Crippen molar-refractivity contribution in [2.45, 2.75) is 38.7 Å². The molecule has 2 aromatic heterocycles. The van der Waals surface area contributed by atoms with E-state index in [1.165, 1.54) is 17.7 Å². The van der Waals surface area contributed by atoms with Crippen LogP contribution in [0.2, 0.25) is 0 Å². The van der Waals surface area contributed by atoms with Crippen LogP contribution in [0.25, 0.3) is 0 Å². The van der Waals surface area contributed by atoms with Crippen molar-refractivity contribution in [3.63, 3.8) is 0 Å². The zero-order valence-electron chi connectivity index (χ0n) is 18.9. The molecule has 1 aliphatic rings. The minimum absolute atomic E-state index is 0.00184. The summed E-state index contributed by atoms with van der Waals surface area (Å²) in [4.78, 5) is 49.6. The van der Waals surface area contributed by atoms with E-state index >= 15 is 0 Å². The second-order valence-electron chi connectivity index (χ2n) is 8.27. The summed E-state index contributed by atoms with van der Waals surface area (Å²) in [5.74, 6) is -0.195. The van der Waals surface area contributed by atoms with Crippen LogP contribution in [0.15, 0.2) is 36.0 Å². The summed E-state index contributed by atoms with van der Waals surface area (Å²) in [5.41, 5.74) is 6.18. The Morgan fingerprint density at radius 2 is 1.91 bits per heavy atom. The smallest absolute Gasteiger partial charge is 0.276 e. The van der Waals surface area contributed by atoms with E-state index in [1.807, 2.05) is 30.9 Å². The van der Waals surface area contributed by atoms with Gasteiger partial charge in [-0.2, -0.15) is 0 Å². The van der Waals surface area contributed by atoms with Crippen LogP contribution in [0.4, 0.5) is 5.82 Å². The molecule has 0 atom stereocenters. The number of nitrogens with zero attached hydrogens (tertiary/aromatic N) is 3. The fraction of sp³-hybridized carbons (Fsp3) is 0.348. The fourth-order valence-electron chi connectivity index (χ4n) is 3.79. The summed E-state index contributed by atoms with van der Waals surface area (Å²) in [6.45, 7) is 5.15. The number of imidazole rings is 1. The Kier molecular flexibility index (Phi) is 6.92. The first kappa shape index (κ1) is 23.4. The fourth-order valence-corrected chi connectivity index (χ4v) is 4.76. The molecule has 0 radical (unpaired) electrons. The Morgan fingerprint density at radius 1 is 1.21 bits per heavy atom. The summed E-state index contributed by atoms with van der Waals surface area (Å²) < 4.78 is 5.64. The van der Waals surface area contributed by atoms with Gasteiger partial charge in [0, 0.05) is 30.0 Å². The van der Waals surface area contributed by atoms with Gasteiger partial charge in [-0.3, -0.25) is 14.4 Å². The number of primary amides is 1. The first-order valence-electron chi connectivity index (χ1n) is 11.0. The molecule has 178 valence electrons. The number of amides is 3. The second-order valence-corrected chi connectivity index (χ2v) is 9.16. The number of carbonyl (C=O) groups is 3. The first-order chi connectivity index (χ1) is 16.3. The van der Waals surface area contributed by atoms with Crippen molar-refractivity contribution in [1.82, 2.24) is 19.9 Å². The molecule has 0 aliphatic carbocycles. The number of aromatic nitrogens is 3. The van der Waals surface area contributed by atoms with Crippen molar-refractivity contribution in [3.05, 3.63) is 57.9 Å². The number of H-pyrrole nitrogens is 1. The van der Waals surface area contributed by atoms with Gasteiger partial charge >= 0.3 is 0 Å². The monoisotopic (exact) mass is 482 g/mol. The van der Waals surface area contributed by atoms with Crippen LogP contribution in [0, 0.1) is 0 Å². The first-order valence-corrected chi connectivity index (χ1v) is 11.9. The Hall–Kier alpha value is -3.73. The number of nitrogens with two attached hydrogens (primary N) is 1. The lowest BCUT2D eigenvalue weighted by Gasteiger charge is -2.31. The van der Waals surface area contributed by atoms with Gasteiger partial charge in [0.2, 0.25) is 0 Å². The van der Waals surface area contributed by atoms with Gasteiger partial charge in [0.15, 0.2) is 5.82 Å². The van der Waals surface area contributed by atoms with E-state index < -0.39 is 11.8 Å². The Balaban J connectivity index is 1.33. The van der Waals surface area contributed by atoms with Crippen molar-refractivity contribution in [2.75, 3.05) is 18.4 Å². The molecule has 3 amide bonds. The van der Waals surface area contributed by atoms with E-state index in [9.17, 15) is 14.4 Å². The Labute approximate surface area is 200 Å². The van der Waals surface area contributed by atoms with Crippen molar-refractivity contribution in [3.8, 4) is 5.75 Å². The molecule has 1 saturated heterocycles. The van der Waals surface area contributed by atoms with Crippen LogP contribution in [0.1, 0.15) is 68.9 Å². The van der Waals surface area contributed by atoms with Crippen LogP contribution in [0.3, 0.4) is 0 Å². The number of hydrogen-bond acceptors (Lipinski definition) is 7. The summed E-state index contributed by atoms with van der Waals surface area (Å²) in [6.07, 6.45) is 2.89. The molecule has 1 aromatic carbocycles. The zero-order chi connectivity index (χ0) is 24.2.